The van der Waals surface area contributed by atoms with E-state index in [0.717, 1.165) is 10.9 Å². The molecule has 0 spiro atoms. The lowest BCUT2D eigenvalue weighted by Crippen LogP contribution is -2.55. The minimum absolute atomic E-state index is 0.0368. The predicted octanol–water partition coefficient (Wildman–Crippen LogP) is 5.40. The van der Waals surface area contributed by atoms with Gasteiger partial charge >= 0.3 is 11.3 Å². The predicted molar refractivity (Wildman–Crippen MR) is 236 cm³/mol. The Morgan fingerprint density at radius 3 is 1.65 bits per heavy atom. The molecule has 0 bridgehead atoms. The first-order chi connectivity index (χ1) is 29.5. The number of rotatable bonds is 14. The molecule has 4 aromatic heterocycles. The third-order valence-corrected chi connectivity index (χ3v) is 12.5. The molecule has 6 rings (SSSR count). The lowest BCUT2D eigenvalue weighted by Gasteiger charge is -2.42. The average molecular weight is 865 g/mol. The molecule has 2 aromatic carbocycles. The first kappa shape index (κ1) is 45.8. The van der Waals surface area contributed by atoms with Gasteiger partial charge < -0.3 is 43.8 Å². The molecule has 0 saturated heterocycles. The van der Waals surface area contributed by atoms with Crippen molar-refractivity contribution < 1.29 is 47.1 Å². The van der Waals surface area contributed by atoms with Crippen molar-refractivity contribution in [3.63, 3.8) is 0 Å². The van der Waals surface area contributed by atoms with Crippen LogP contribution in [0.4, 0.5) is 5.88 Å². The molecule has 0 fully saturated rings. The fraction of sp³-hybridized carbons (Fsp3) is 0.404. The first-order valence-electron chi connectivity index (χ1n) is 20.4. The highest BCUT2D eigenvalue weighted by atomic mass is 16.4. The van der Waals surface area contributed by atoms with Crippen LogP contribution in [0.2, 0.25) is 0 Å². The number of aryl methyl sites for hydroxylation is 6. The highest BCUT2D eigenvalue weighted by molar-refractivity contribution is 6.06. The SMILES string of the molecule is C#CCC[C@H](NC(=O)[C@H](O)[C@@H](O)C(=O)NCC(C)(C)C(C)(C)CNC(=O)c1oc2c(C)c3oc(=O)cc(C)c3cc2c1C)C(=O)Nc1oc2c(C)c3oc(=O)cc(C)c3cc2c1C. The Morgan fingerprint density at radius 2 is 1.11 bits per heavy atom. The Labute approximate surface area is 361 Å². The molecule has 332 valence electrons. The Bertz CT molecular complexity index is 3010. The topological polar surface area (TPSA) is 244 Å². The molecular formula is C47H52N4O12. The lowest BCUT2D eigenvalue weighted by molar-refractivity contribution is -0.147. The second-order valence-electron chi connectivity index (χ2n) is 17.5. The number of carbonyl (C=O) groups excluding carboxylic acids is 4. The minimum atomic E-state index is -2.27. The Balaban J connectivity index is 1.07. The van der Waals surface area contributed by atoms with Crippen LogP contribution in [0.15, 0.2) is 51.5 Å². The molecule has 4 amide bonds. The fourth-order valence-corrected chi connectivity index (χ4v) is 7.45. The van der Waals surface area contributed by atoms with Crippen LogP contribution < -0.4 is 32.5 Å². The molecule has 0 unspecified atom stereocenters. The van der Waals surface area contributed by atoms with Gasteiger partial charge in [-0.25, -0.2) is 9.59 Å². The van der Waals surface area contributed by atoms with Crippen LogP contribution in [0.3, 0.4) is 0 Å². The third kappa shape index (κ3) is 8.71. The monoisotopic (exact) mass is 864 g/mol. The molecule has 3 atom stereocenters. The van der Waals surface area contributed by atoms with Crippen molar-refractivity contribution in [3.05, 3.63) is 84.2 Å². The molecule has 6 aromatic rings. The number of furan rings is 2. The van der Waals surface area contributed by atoms with Gasteiger partial charge in [0.1, 0.15) is 28.4 Å². The van der Waals surface area contributed by atoms with Gasteiger partial charge in [-0.15, -0.1) is 12.3 Å². The normalized spacial score (nSPS) is 13.5. The molecule has 0 radical (unpaired) electrons. The fourth-order valence-electron chi connectivity index (χ4n) is 7.45. The van der Waals surface area contributed by atoms with Crippen LogP contribution in [-0.4, -0.2) is 65.2 Å². The zero-order valence-corrected chi connectivity index (χ0v) is 36.9. The first-order valence-corrected chi connectivity index (χ1v) is 20.4. The Kier molecular flexibility index (Phi) is 12.5. The number of hydrogen-bond acceptors (Lipinski definition) is 12. The number of aliphatic hydroxyl groups excluding tert-OH is 2. The summed E-state index contributed by atoms with van der Waals surface area (Å²) in [7, 11) is 0. The number of terminal acetylenes is 1. The van der Waals surface area contributed by atoms with Crippen molar-refractivity contribution in [2.45, 2.75) is 100 Å². The van der Waals surface area contributed by atoms with Gasteiger partial charge in [0, 0.05) is 75.4 Å². The quantitative estimate of drug-likeness (QED) is 0.0596. The van der Waals surface area contributed by atoms with Crippen LogP contribution >= 0.6 is 0 Å². The van der Waals surface area contributed by atoms with E-state index in [1.165, 1.54) is 12.1 Å². The number of hydrogen-bond donors (Lipinski definition) is 6. The summed E-state index contributed by atoms with van der Waals surface area (Å²) in [5.41, 5.74) is 2.88. The number of aliphatic hydroxyl groups is 2. The molecule has 0 aliphatic rings. The summed E-state index contributed by atoms with van der Waals surface area (Å²) >= 11 is 0. The molecule has 16 heteroatoms. The van der Waals surface area contributed by atoms with E-state index < -0.39 is 64.0 Å². The minimum Gasteiger partial charge on any atom is -0.450 e. The number of carbonyl (C=O) groups is 4. The van der Waals surface area contributed by atoms with Crippen LogP contribution in [0.5, 0.6) is 0 Å². The number of anilines is 1. The van der Waals surface area contributed by atoms with Crippen molar-refractivity contribution in [1.29, 1.82) is 0 Å². The van der Waals surface area contributed by atoms with Gasteiger partial charge in [0.25, 0.3) is 17.7 Å². The maximum atomic E-state index is 13.6. The van der Waals surface area contributed by atoms with Gasteiger partial charge in [-0.2, -0.15) is 0 Å². The molecule has 16 nitrogen and oxygen atoms in total. The Hall–Kier alpha value is -6.70. The van der Waals surface area contributed by atoms with E-state index in [1.807, 2.05) is 40.7 Å². The number of nitrogens with one attached hydrogen (secondary N) is 4. The zero-order valence-electron chi connectivity index (χ0n) is 36.9. The van der Waals surface area contributed by atoms with Crippen LogP contribution in [0, 0.1) is 64.7 Å². The number of amides is 4. The van der Waals surface area contributed by atoms with Crippen LogP contribution in [0.25, 0.3) is 43.9 Å². The van der Waals surface area contributed by atoms with Gasteiger partial charge in [-0.05, 0) is 82.1 Å². The van der Waals surface area contributed by atoms with Crippen molar-refractivity contribution in [1.82, 2.24) is 16.0 Å². The third-order valence-electron chi connectivity index (χ3n) is 12.5. The van der Waals surface area contributed by atoms with E-state index in [1.54, 1.807) is 40.7 Å². The van der Waals surface area contributed by atoms with Crippen LogP contribution in [-0.2, 0) is 14.4 Å². The highest BCUT2D eigenvalue weighted by Crippen LogP contribution is 2.39. The van der Waals surface area contributed by atoms with Gasteiger partial charge in [0.05, 0.1) is 0 Å². The molecule has 0 aliphatic heterocycles. The molecule has 63 heavy (non-hydrogen) atoms. The summed E-state index contributed by atoms with van der Waals surface area (Å²) in [6, 6.07) is 5.11. The maximum Gasteiger partial charge on any atom is 0.336 e. The smallest absolute Gasteiger partial charge is 0.336 e. The van der Waals surface area contributed by atoms with E-state index in [0.29, 0.717) is 66.3 Å². The largest absolute Gasteiger partial charge is 0.450 e. The summed E-state index contributed by atoms with van der Waals surface area (Å²) in [6.45, 7) is 18.1. The molecular weight excluding hydrogens is 813 g/mol. The van der Waals surface area contributed by atoms with Crippen molar-refractivity contribution in [3.8, 4) is 12.3 Å². The van der Waals surface area contributed by atoms with Gasteiger partial charge in [-0.3, -0.25) is 24.5 Å². The standard InChI is InChI=1S/C47H52N4O12/c1-12-13-14-31(41(56)51-45-24(5)30-18-28-22(3)16-33(53)61-37(28)26(7)39(30)63-45)50-43(58)35(55)34(54)42(57)48-19-46(8,9)47(10,11)20-49-44(59)40-23(4)29-17-27-21(2)15-32(52)60-36(27)25(6)38(29)62-40/h1,15-18,31,34-35,54-55H,13-14,19-20H2,2-11H3,(H,48,57)(H,49,59)(H,50,58)(H,51,56)/t31-,34+,35+/m0/s1. The lowest BCUT2D eigenvalue weighted by atomic mass is 9.67. The second kappa shape index (κ2) is 17.2. The zero-order chi connectivity index (χ0) is 46.5. The van der Waals surface area contributed by atoms with Crippen molar-refractivity contribution >= 4 is 73.4 Å². The maximum absolute atomic E-state index is 13.6. The van der Waals surface area contributed by atoms with Gasteiger partial charge in [-0.1, -0.05) is 27.7 Å². The van der Waals surface area contributed by atoms with E-state index in [9.17, 15) is 39.0 Å². The van der Waals surface area contributed by atoms with E-state index in [2.05, 4.69) is 27.2 Å². The van der Waals surface area contributed by atoms with Crippen molar-refractivity contribution in [2.24, 2.45) is 10.8 Å². The van der Waals surface area contributed by atoms with Gasteiger partial charge in [0.2, 0.25) is 11.8 Å². The summed E-state index contributed by atoms with van der Waals surface area (Å²) in [5, 5.41) is 35.0. The summed E-state index contributed by atoms with van der Waals surface area (Å²) in [6.07, 6.45) is 0.975. The number of benzene rings is 2. The van der Waals surface area contributed by atoms with E-state index in [-0.39, 0.29) is 37.6 Å². The molecule has 0 aliphatic carbocycles. The highest BCUT2D eigenvalue weighted by Gasteiger charge is 2.40. The average Bonchev–Trinajstić information content (AvgIpc) is 3.73. The molecule has 6 N–H and O–H groups in total. The van der Waals surface area contributed by atoms with E-state index >= 15 is 0 Å². The molecule has 0 saturated carbocycles. The summed E-state index contributed by atoms with van der Waals surface area (Å²) < 4.78 is 22.9. The van der Waals surface area contributed by atoms with E-state index in [4.69, 9.17) is 24.1 Å². The Morgan fingerprint density at radius 1 is 0.635 bits per heavy atom. The van der Waals surface area contributed by atoms with Gasteiger partial charge in [0.15, 0.2) is 18.0 Å². The van der Waals surface area contributed by atoms with Crippen molar-refractivity contribution in [2.75, 3.05) is 18.4 Å². The number of fused-ring (bicyclic) bond motifs is 4. The summed E-state index contributed by atoms with van der Waals surface area (Å²) in [5.74, 6) is -0.884. The van der Waals surface area contributed by atoms with Crippen LogP contribution in [0.1, 0.15) is 84.5 Å². The molecule has 4 heterocycles. The summed E-state index contributed by atoms with van der Waals surface area (Å²) in [4.78, 5) is 77.6. The second-order valence-corrected chi connectivity index (χ2v) is 17.5.